The topological polar surface area (TPSA) is 94.8 Å². The molecule has 0 unspecified atom stereocenters. The Hall–Kier alpha value is 1.68. The van der Waals surface area contributed by atoms with Crippen LogP contribution >= 0.6 is 37.2 Å². The first kappa shape index (κ1) is 53.6. The zero-order valence-electron chi connectivity index (χ0n) is 4.86. The molecule has 0 amide bonds. The smallest absolute Gasteiger partial charge is 0.317 e. The molecule has 0 radical (unpaired) electrons. The molecule has 0 aliphatic rings. The summed E-state index contributed by atoms with van der Waals surface area (Å²) in [6.45, 7) is -0.278. The minimum atomic E-state index is -0.968. The third kappa shape index (κ3) is 80.9. The monoisotopic (exact) mass is 321 g/mol. The number of hydrogen-bond acceptors (Lipinski definition) is 2. The first-order valence-corrected chi connectivity index (χ1v) is 1.19. The molecule has 5 N–H and O–H groups in total. The Bertz CT molecular complexity index is 61.8. The van der Waals surface area contributed by atoms with E-state index in [0.29, 0.717) is 0 Å². The number of hydrogen-bond donors (Lipinski definition) is 2. The van der Waals surface area contributed by atoms with Gasteiger partial charge in [0.1, 0.15) is 0 Å². The van der Waals surface area contributed by atoms with Crippen molar-refractivity contribution in [3.63, 3.8) is 0 Å². The summed E-state index contributed by atoms with van der Waals surface area (Å²) >= 11 is 0. The van der Waals surface area contributed by atoms with Crippen molar-refractivity contribution in [2.24, 2.45) is 5.73 Å². The maximum Gasteiger partial charge on any atom is 0.317 e. The van der Waals surface area contributed by atoms with Gasteiger partial charge >= 0.3 is 5.97 Å². The van der Waals surface area contributed by atoms with Crippen LogP contribution < -0.4 is 5.73 Å². The molecule has 0 atom stereocenters. The zero-order valence-corrected chi connectivity index (χ0v) is 9.77. The van der Waals surface area contributed by atoms with E-state index in [9.17, 15) is 4.79 Å². The van der Waals surface area contributed by atoms with Gasteiger partial charge in [0.05, 0.1) is 6.54 Å². The number of halogens is 3. The van der Waals surface area contributed by atoms with Crippen LogP contribution in [0.3, 0.4) is 0 Å². The van der Waals surface area contributed by atoms with Crippen LogP contribution in [0.5, 0.6) is 0 Å². The quantitative estimate of drug-likeness (QED) is 0.562. The van der Waals surface area contributed by atoms with Crippen molar-refractivity contribution in [1.29, 1.82) is 0 Å². The van der Waals surface area contributed by atoms with Gasteiger partial charge in [-0.15, -0.1) is 37.2 Å². The van der Waals surface area contributed by atoms with Gasteiger partial charge in [-0.25, -0.2) is 0 Å². The zero-order chi connectivity index (χ0) is 4.28. The Morgan fingerprint density at radius 1 is 1.27 bits per heavy atom. The van der Waals surface area contributed by atoms with Gasteiger partial charge in [0, 0.05) is 26.2 Å². The number of aliphatic carboxylic acids is 1. The number of carbonyl (C=O) groups is 1. The normalized spacial score (nSPS) is 3.36. The van der Waals surface area contributed by atoms with E-state index in [1.165, 1.54) is 0 Å². The van der Waals surface area contributed by atoms with Gasteiger partial charge in [-0.1, -0.05) is 0 Å². The molecule has 0 heterocycles. The number of carboxylic acid groups (broad SMARTS) is 1. The number of carboxylic acids is 1. The molecule has 0 aliphatic carbocycles. The Morgan fingerprint density at radius 2 is 1.36 bits per heavy atom. The van der Waals surface area contributed by atoms with Gasteiger partial charge in [0.15, 0.2) is 17.4 Å². The Kier molecular flexibility index (Phi) is 201. The first-order valence-electron chi connectivity index (χ1n) is 1.19. The van der Waals surface area contributed by atoms with Gasteiger partial charge in [0.2, 0.25) is 0 Å². The SMILES string of the molecule is Cl.Cl.Cl.NCC(=O)O.O.[AlH3].[Zr]. The van der Waals surface area contributed by atoms with E-state index < -0.39 is 5.97 Å². The molecule has 0 spiro atoms. The second-order valence-electron chi connectivity index (χ2n) is 0.598. The molecule has 11 heavy (non-hydrogen) atoms. The first-order chi connectivity index (χ1) is 2.27. The molecule has 9 heteroatoms. The summed E-state index contributed by atoms with van der Waals surface area (Å²) in [5.41, 5.74) is 4.57. The van der Waals surface area contributed by atoms with Crippen LogP contribution in [-0.2, 0) is 31.0 Å². The third-order valence-electron chi connectivity index (χ3n) is 0.175. The summed E-state index contributed by atoms with van der Waals surface area (Å²) in [6, 6.07) is 0. The fourth-order valence-corrected chi connectivity index (χ4v) is 0. The molecule has 0 rings (SSSR count). The summed E-state index contributed by atoms with van der Waals surface area (Å²) in [4.78, 5) is 9.24. The average molecular weight is 324 g/mol. The maximum atomic E-state index is 9.24. The van der Waals surface area contributed by atoms with E-state index in [1.807, 2.05) is 0 Å². The second kappa shape index (κ2) is 41.3. The average Bonchev–Trinajstić information content (AvgIpc) is 1.38. The Labute approximate surface area is 113 Å². The molecule has 72 valence electrons. The molecule has 4 nitrogen and oxygen atoms in total. The summed E-state index contributed by atoms with van der Waals surface area (Å²) in [6.07, 6.45) is 0. The van der Waals surface area contributed by atoms with Crippen LogP contribution in [0, 0.1) is 0 Å². The summed E-state index contributed by atoms with van der Waals surface area (Å²) in [5.74, 6) is -0.968. The van der Waals surface area contributed by atoms with E-state index in [2.05, 4.69) is 5.73 Å². The summed E-state index contributed by atoms with van der Waals surface area (Å²) in [7, 11) is 0. The van der Waals surface area contributed by atoms with Crippen molar-refractivity contribution in [2.75, 3.05) is 6.54 Å². The van der Waals surface area contributed by atoms with Crippen LogP contribution in [0.1, 0.15) is 0 Å². The molecule has 0 fully saturated rings. The molecule has 0 aliphatic heterocycles. The predicted octanol–water partition coefficient (Wildman–Crippen LogP) is -1.72. The Balaban J connectivity index is -0.00000000533. The van der Waals surface area contributed by atoms with Gasteiger partial charge in [-0.05, 0) is 0 Å². The van der Waals surface area contributed by atoms with E-state index in [-0.39, 0.29) is 92.8 Å². The van der Waals surface area contributed by atoms with Crippen molar-refractivity contribution in [2.45, 2.75) is 0 Å². The van der Waals surface area contributed by atoms with Crippen LogP contribution in [0.4, 0.5) is 0 Å². The van der Waals surface area contributed by atoms with Crippen molar-refractivity contribution < 1.29 is 41.6 Å². The number of rotatable bonds is 1. The van der Waals surface area contributed by atoms with Crippen LogP contribution in [0.2, 0.25) is 0 Å². The standard InChI is InChI=1S/C2H5NO2.Al.3ClH.H2O.Zr.3H/c3-1-2(4)5;;;;;;;;;/h1,3H2,(H,4,5);;3*1H;1H2;;;;. The summed E-state index contributed by atoms with van der Waals surface area (Å²) < 4.78 is 0. The molecular formula is C2H13AlCl3NO3Zr. The van der Waals surface area contributed by atoms with Crippen LogP contribution in [0.15, 0.2) is 0 Å². The van der Waals surface area contributed by atoms with Crippen molar-refractivity contribution >= 4 is 60.6 Å². The van der Waals surface area contributed by atoms with E-state index in [4.69, 9.17) is 5.11 Å². The van der Waals surface area contributed by atoms with Gasteiger partial charge < -0.3 is 16.3 Å². The van der Waals surface area contributed by atoms with E-state index in [0.717, 1.165) is 0 Å². The van der Waals surface area contributed by atoms with Crippen molar-refractivity contribution in [3.05, 3.63) is 0 Å². The molecule has 0 aromatic heterocycles. The third-order valence-corrected chi connectivity index (χ3v) is 0.175. The fraction of sp³-hybridized carbons (Fsp3) is 0.500. The van der Waals surface area contributed by atoms with Gasteiger partial charge in [-0.3, -0.25) is 4.79 Å². The van der Waals surface area contributed by atoms with Crippen LogP contribution in [0.25, 0.3) is 0 Å². The van der Waals surface area contributed by atoms with Crippen molar-refractivity contribution in [3.8, 4) is 0 Å². The summed E-state index contributed by atoms with van der Waals surface area (Å²) in [5, 5.41) is 7.60. The minimum Gasteiger partial charge on any atom is -0.480 e. The Morgan fingerprint density at radius 3 is 1.36 bits per heavy atom. The predicted molar refractivity (Wildman–Crippen MR) is 52.0 cm³/mol. The molecule has 0 bridgehead atoms. The van der Waals surface area contributed by atoms with E-state index in [1.54, 1.807) is 0 Å². The fourth-order valence-electron chi connectivity index (χ4n) is 0. The minimum absolute atomic E-state index is 0. The van der Waals surface area contributed by atoms with E-state index >= 15 is 0 Å². The number of nitrogens with two attached hydrogens (primary N) is 1. The maximum absolute atomic E-state index is 9.24. The molecule has 0 saturated heterocycles. The van der Waals surface area contributed by atoms with Gasteiger partial charge in [-0.2, -0.15) is 0 Å². The second-order valence-corrected chi connectivity index (χ2v) is 0.598. The van der Waals surface area contributed by atoms with Crippen molar-refractivity contribution in [1.82, 2.24) is 0 Å². The molecular weight excluding hydrogens is 311 g/mol. The van der Waals surface area contributed by atoms with Gasteiger partial charge in [0.25, 0.3) is 0 Å². The largest absolute Gasteiger partial charge is 0.480 e. The molecule has 0 saturated carbocycles. The molecule has 0 aromatic carbocycles. The van der Waals surface area contributed by atoms with Crippen LogP contribution in [-0.4, -0.2) is 40.5 Å². The molecule has 0 aromatic rings.